The summed E-state index contributed by atoms with van der Waals surface area (Å²) in [6.45, 7) is 3.53. The highest BCUT2D eigenvalue weighted by molar-refractivity contribution is 8.13. The molecule has 218 valence electrons. The van der Waals surface area contributed by atoms with Crippen molar-refractivity contribution in [2.45, 2.75) is 31.7 Å². The number of piperidine rings is 1. The standard InChI is InChI=1S/C24H30F3N3OS.C4H4O4/c1-29(24(32-2)28-19-7-5-18(25)6-8-19)20-11-14-30(15-12-20)13-3-4-16-31-21-9-10-22(26)23(27)17-21;5-3(6)1-2-4(7)8/h5-10,17,20H,3-4,11-16H2,1-2H3;1-2H,(H,5,6)(H,7,8)/b;2-1+. The molecule has 1 heterocycles. The van der Waals surface area contributed by atoms with E-state index in [1.807, 2.05) is 6.26 Å². The van der Waals surface area contributed by atoms with Crippen LogP contribution in [0.25, 0.3) is 0 Å². The van der Waals surface area contributed by atoms with Crippen LogP contribution in [0.3, 0.4) is 0 Å². The van der Waals surface area contributed by atoms with Crippen LogP contribution in [0.15, 0.2) is 59.6 Å². The molecule has 2 N–H and O–H groups in total. The van der Waals surface area contributed by atoms with Crippen LogP contribution in [-0.2, 0) is 9.59 Å². The first-order valence-electron chi connectivity index (χ1n) is 12.6. The van der Waals surface area contributed by atoms with Crippen molar-refractivity contribution in [3.05, 3.63) is 72.1 Å². The van der Waals surface area contributed by atoms with E-state index < -0.39 is 23.6 Å². The Morgan fingerprint density at radius 3 is 2.20 bits per heavy atom. The molecule has 0 radical (unpaired) electrons. The lowest BCUT2D eigenvalue weighted by Gasteiger charge is -2.37. The number of halogens is 3. The van der Waals surface area contributed by atoms with Gasteiger partial charge in [0, 0.05) is 44.4 Å². The minimum absolute atomic E-state index is 0.258. The van der Waals surface area contributed by atoms with Gasteiger partial charge in [-0.25, -0.2) is 27.8 Å². The number of carboxylic acids is 2. The van der Waals surface area contributed by atoms with E-state index in [1.165, 1.54) is 18.2 Å². The Hall–Kier alpha value is -3.51. The molecular weight excluding hydrogens is 547 g/mol. The van der Waals surface area contributed by atoms with Crippen molar-refractivity contribution >= 4 is 34.6 Å². The summed E-state index contributed by atoms with van der Waals surface area (Å²) in [5.41, 5.74) is 0.755. The summed E-state index contributed by atoms with van der Waals surface area (Å²) in [5, 5.41) is 16.6. The zero-order chi connectivity index (χ0) is 29.5. The lowest BCUT2D eigenvalue weighted by atomic mass is 10.0. The van der Waals surface area contributed by atoms with Crippen LogP contribution in [-0.4, -0.2) is 82.7 Å². The van der Waals surface area contributed by atoms with Gasteiger partial charge in [-0.15, -0.1) is 0 Å². The molecular formula is C28H34F3N3O5S. The smallest absolute Gasteiger partial charge is 0.328 e. The second-order valence-corrected chi connectivity index (χ2v) is 9.67. The summed E-state index contributed by atoms with van der Waals surface area (Å²) < 4.78 is 44.8. The molecule has 0 aliphatic carbocycles. The number of aliphatic imine (C=N–C) groups is 1. The highest BCUT2D eigenvalue weighted by Gasteiger charge is 2.24. The quantitative estimate of drug-likeness (QED) is 0.166. The number of amidine groups is 1. The lowest BCUT2D eigenvalue weighted by Crippen LogP contribution is -2.45. The first kappa shape index (κ1) is 32.7. The molecule has 0 aromatic heterocycles. The van der Waals surface area contributed by atoms with Gasteiger partial charge in [0.05, 0.1) is 12.3 Å². The Bertz CT molecular complexity index is 1140. The number of hydrogen-bond donors (Lipinski definition) is 2. The van der Waals surface area contributed by atoms with Gasteiger partial charge in [-0.05, 0) is 74.9 Å². The van der Waals surface area contributed by atoms with Crippen LogP contribution >= 0.6 is 11.8 Å². The third-order valence-corrected chi connectivity index (χ3v) is 6.78. The van der Waals surface area contributed by atoms with E-state index in [-0.39, 0.29) is 5.82 Å². The average molecular weight is 582 g/mol. The van der Waals surface area contributed by atoms with Crippen molar-refractivity contribution in [1.29, 1.82) is 0 Å². The van der Waals surface area contributed by atoms with Crippen LogP contribution in [0.5, 0.6) is 5.75 Å². The predicted octanol–water partition coefficient (Wildman–Crippen LogP) is 5.42. The molecule has 1 fully saturated rings. The summed E-state index contributed by atoms with van der Waals surface area (Å²) in [5.74, 6) is -4.16. The average Bonchev–Trinajstić information content (AvgIpc) is 2.93. The van der Waals surface area contributed by atoms with Gasteiger partial charge >= 0.3 is 11.9 Å². The number of ether oxygens (including phenoxy) is 1. The van der Waals surface area contributed by atoms with Crippen LogP contribution in [0.2, 0.25) is 0 Å². The number of benzene rings is 2. The van der Waals surface area contributed by atoms with Crippen molar-refractivity contribution in [3.8, 4) is 5.75 Å². The number of aliphatic carboxylic acids is 2. The number of nitrogens with zero attached hydrogens (tertiary/aromatic N) is 3. The Morgan fingerprint density at radius 2 is 1.65 bits per heavy atom. The van der Waals surface area contributed by atoms with Gasteiger partial charge in [0.15, 0.2) is 16.8 Å². The van der Waals surface area contributed by atoms with Crippen LogP contribution in [0, 0.1) is 17.5 Å². The molecule has 8 nitrogen and oxygen atoms in total. The topological polar surface area (TPSA) is 103 Å². The highest BCUT2D eigenvalue weighted by atomic mass is 32.2. The molecule has 0 spiro atoms. The van der Waals surface area contributed by atoms with Crippen LogP contribution in [0.1, 0.15) is 25.7 Å². The molecule has 0 amide bonds. The Morgan fingerprint density at radius 1 is 1.02 bits per heavy atom. The fourth-order valence-corrected chi connectivity index (χ4v) is 4.55. The van der Waals surface area contributed by atoms with Crippen molar-refractivity contribution in [1.82, 2.24) is 9.80 Å². The zero-order valence-electron chi connectivity index (χ0n) is 22.4. The maximum Gasteiger partial charge on any atom is 0.328 e. The van der Waals surface area contributed by atoms with Gasteiger partial charge in [-0.2, -0.15) is 0 Å². The van der Waals surface area contributed by atoms with Gasteiger partial charge in [-0.1, -0.05) is 11.8 Å². The maximum atomic E-state index is 13.2. The van der Waals surface area contributed by atoms with Crippen molar-refractivity contribution < 1.29 is 37.7 Å². The molecule has 3 rings (SSSR count). The first-order chi connectivity index (χ1) is 19.1. The second-order valence-electron chi connectivity index (χ2n) is 8.90. The SMILES string of the molecule is CSC(=Nc1ccc(F)cc1)N(C)C1CCN(CCCCOc2ccc(F)c(F)c2)CC1.O=C(O)/C=C/C(=O)O. The zero-order valence-corrected chi connectivity index (χ0v) is 23.2. The van der Waals surface area contributed by atoms with Gasteiger partial charge in [-0.3, -0.25) is 0 Å². The molecule has 0 unspecified atom stereocenters. The van der Waals surface area contributed by atoms with E-state index in [0.717, 1.165) is 68.3 Å². The molecule has 0 saturated carbocycles. The number of thioether (sulfide) groups is 1. The third-order valence-electron chi connectivity index (χ3n) is 6.04. The molecule has 0 bridgehead atoms. The molecule has 2 aromatic carbocycles. The number of rotatable bonds is 10. The van der Waals surface area contributed by atoms with E-state index in [1.54, 1.807) is 23.9 Å². The minimum Gasteiger partial charge on any atom is -0.493 e. The third kappa shape index (κ3) is 12.1. The number of likely N-dealkylation sites (tertiary alicyclic amines) is 1. The normalized spacial score (nSPS) is 14.5. The lowest BCUT2D eigenvalue weighted by molar-refractivity contribution is -0.134. The van der Waals surface area contributed by atoms with Gasteiger partial charge in [0.25, 0.3) is 0 Å². The maximum absolute atomic E-state index is 13.2. The van der Waals surface area contributed by atoms with Crippen LogP contribution in [0.4, 0.5) is 18.9 Å². The molecule has 0 atom stereocenters. The number of carboxylic acid groups (broad SMARTS) is 2. The molecule has 12 heteroatoms. The number of unbranched alkanes of at least 4 members (excludes halogenated alkanes) is 1. The Labute approximate surface area is 236 Å². The number of hydrogen-bond acceptors (Lipinski definition) is 6. The fourth-order valence-electron chi connectivity index (χ4n) is 3.92. The van der Waals surface area contributed by atoms with Crippen molar-refractivity contribution in [3.63, 3.8) is 0 Å². The van der Waals surface area contributed by atoms with E-state index in [2.05, 4.69) is 21.8 Å². The monoisotopic (exact) mass is 581 g/mol. The summed E-state index contributed by atoms with van der Waals surface area (Å²) >= 11 is 1.60. The van der Waals surface area contributed by atoms with Gasteiger partial charge in [0.1, 0.15) is 11.6 Å². The summed E-state index contributed by atoms with van der Waals surface area (Å²) in [4.78, 5) is 28.5. The van der Waals surface area contributed by atoms with Gasteiger partial charge < -0.3 is 24.7 Å². The van der Waals surface area contributed by atoms with E-state index >= 15 is 0 Å². The predicted molar refractivity (Wildman–Crippen MR) is 150 cm³/mol. The molecule has 1 aliphatic heterocycles. The van der Waals surface area contributed by atoms with E-state index in [4.69, 9.17) is 14.9 Å². The Balaban J connectivity index is 0.000000611. The van der Waals surface area contributed by atoms with Gasteiger partial charge in [0.2, 0.25) is 0 Å². The van der Waals surface area contributed by atoms with Crippen molar-refractivity contribution in [2.75, 3.05) is 39.5 Å². The minimum atomic E-state index is -1.26. The summed E-state index contributed by atoms with van der Waals surface area (Å²) in [7, 11) is 2.08. The molecule has 2 aromatic rings. The Kier molecular flexibility index (Phi) is 14.1. The summed E-state index contributed by atoms with van der Waals surface area (Å²) in [6.07, 6.45) is 7.10. The number of carbonyl (C=O) groups is 2. The first-order valence-corrected chi connectivity index (χ1v) is 13.9. The highest BCUT2D eigenvalue weighted by Crippen LogP contribution is 2.22. The molecule has 1 aliphatic rings. The molecule has 1 saturated heterocycles. The summed E-state index contributed by atoms with van der Waals surface area (Å²) in [6, 6.07) is 10.3. The second kappa shape index (κ2) is 17.2. The molecule has 40 heavy (non-hydrogen) atoms. The largest absolute Gasteiger partial charge is 0.493 e. The van der Waals surface area contributed by atoms with Crippen molar-refractivity contribution in [2.24, 2.45) is 4.99 Å². The van der Waals surface area contributed by atoms with E-state index in [9.17, 15) is 22.8 Å². The van der Waals surface area contributed by atoms with Crippen LogP contribution < -0.4 is 4.74 Å². The fraction of sp³-hybridized carbons (Fsp3) is 0.393. The van der Waals surface area contributed by atoms with E-state index in [0.29, 0.717) is 30.6 Å².